The monoisotopic (exact) mass is 304 g/mol. The maximum atomic E-state index is 12.6. The second kappa shape index (κ2) is 8.18. The van der Waals surface area contributed by atoms with Gasteiger partial charge in [-0.1, -0.05) is 44.2 Å². The van der Waals surface area contributed by atoms with Crippen LogP contribution in [0.3, 0.4) is 0 Å². The average molecular weight is 304 g/mol. The van der Waals surface area contributed by atoms with Crippen molar-refractivity contribution in [2.24, 2.45) is 11.8 Å². The zero-order chi connectivity index (χ0) is 15.9. The molecule has 0 aromatic heterocycles. The van der Waals surface area contributed by atoms with Crippen LogP contribution in [0.1, 0.15) is 44.7 Å². The Morgan fingerprint density at radius 1 is 1.36 bits per heavy atom. The number of carbonyl (C=O) groups excluding carboxylic acids is 1. The average Bonchev–Trinajstić information content (AvgIpc) is 2.54. The Balaban J connectivity index is 2.01. The van der Waals surface area contributed by atoms with Crippen LogP contribution >= 0.6 is 0 Å². The van der Waals surface area contributed by atoms with E-state index in [9.17, 15) is 9.90 Å². The second-order valence-electron chi connectivity index (χ2n) is 6.68. The molecule has 0 radical (unpaired) electrons. The van der Waals surface area contributed by atoms with Crippen molar-refractivity contribution in [3.63, 3.8) is 0 Å². The van der Waals surface area contributed by atoms with Crippen LogP contribution in [0.5, 0.6) is 0 Å². The number of hydrogen-bond acceptors (Lipinski definition) is 2. The smallest absolute Gasteiger partial charge is 0.317 e. The summed E-state index contributed by atoms with van der Waals surface area (Å²) >= 11 is 0. The molecule has 2 N–H and O–H groups in total. The summed E-state index contributed by atoms with van der Waals surface area (Å²) in [5.74, 6) is 0.733. The predicted molar refractivity (Wildman–Crippen MR) is 88.6 cm³/mol. The Morgan fingerprint density at radius 3 is 2.73 bits per heavy atom. The number of nitrogens with zero attached hydrogens (tertiary/aromatic N) is 1. The highest BCUT2D eigenvalue weighted by atomic mass is 16.3. The van der Waals surface area contributed by atoms with E-state index in [0.717, 1.165) is 31.4 Å². The topological polar surface area (TPSA) is 52.6 Å². The Bertz CT molecular complexity index is 461. The lowest BCUT2D eigenvalue weighted by atomic mass is 9.96. The molecule has 0 saturated carbocycles. The van der Waals surface area contributed by atoms with Gasteiger partial charge in [0.25, 0.3) is 0 Å². The maximum absolute atomic E-state index is 12.6. The molecule has 1 fully saturated rings. The summed E-state index contributed by atoms with van der Waals surface area (Å²) in [6, 6.07) is 10.2. The molecule has 1 aliphatic rings. The molecule has 0 bridgehead atoms. The van der Waals surface area contributed by atoms with Crippen LogP contribution in [0, 0.1) is 11.8 Å². The Morgan fingerprint density at radius 2 is 2.09 bits per heavy atom. The molecule has 0 spiro atoms. The van der Waals surface area contributed by atoms with E-state index in [1.54, 1.807) is 0 Å². The zero-order valence-electron chi connectivity index (χ0n) is 13.7. The van der Waals surface area contributed by atoms with Crippen molar-refractivity contribution < 1.29 is 9.90 Å². The first-order chi connectivity index (χ1) is 10.6. The van der Waals surface area contributed by atoms with Gasteiger partial charge < -0.3 is 15.3 Å². The molecule has 1 heterocycles. The minimum atomic E-state index is -0.00680. The SMILES string of the molecule is CC(C)CC(NC(=O)N1CCCC(CO)C1)c1ccccc1. The standard InChI is InChI=1S/C18H28N2O2/c1-14(2)11-17(16-8-4-3-5-9-16)19-18(22)20-10-6-7-15(12-20)13-21/h3-5,8-9,14-15,17,21H,6-7,10-13H2,1-2H3,(H,19,22). The summed E-state index contributed by atoms with van der Waals surface area (Å²) in [7, 11) is 0. The van der Waals surface area contributed by atoms with Gasteiger partial charge in [0.15, 0.2) is 0 Å². The van der Waals surface area contributed by atoms with Crippen LogP contribution in [0.4, 0.5) is 4.79 Å². The minimum absolute atomic E-state index is 0.00680. The fourth-order valence-corrected chi connectivity index (χ4v) is 3.07. The lowest BCUT2D eigenvalue weighted by Crippen LogP contribution is -2.47. The van der Waals surface area contributed by atoms with Crippen molar-refractivity contribution in [1.82, 2.24) is 10.2 Å². The predicted octanol–water partition coefficient (Wildman–Crippen LogP) is 3.19. The van der Waals surface area contributed by atoms with Crippen LogP contribution in [0.2, 0.25) is 0 Å². The Kier molecular flexibility index (Phi) is 6.25. The van der Waals surface area contributed by atoms with Crippen molar-refractivity contribution >= 4 is 6.03 Å². The second-order valence-corrected chi connectivity index (χ2v) is 6.68. The molecule has 1 saturated heterocycles. The van der Waals surface area contributed by atoms with E-state index < -0.39 is 0 Å². The van der Waals surface area contributed by atoms with Gasteiger partial charge >= 0.3 is 6.03 Å². The summed E-state index contributed by atoms with van der Waals surface area (Å²) in [6.07, 6.45) is 2.90. The number of urea groups is 1. The van der Waals surface area contributed by atoms with E-state index in [1.807, 2.05) is 23.1 Å². The molecule has 4 heteroatoms. The number of aliphatic hydroxyl groups is 1. The van der Waals surface area contributed by atoms with Gasteiger partial charge in [-0.25, -0.2) is 4.79 Å². The molecule has 2 amide bonds. The molecular weight excluding hydrogens is 276 g/mol. The first-order valence-corrected chi connectivity index (χ1v) is 8.31. The first kappa shape index (κ1) is 16.8. The third-order valence-corrected chi connectivity index (χ3v) is 4.27. The fraction of sp³-hybridized carbons (Fsp3) is 0.611. The lowest BCUT2D eigenvalue weighted by molar-refractivity contribution is 0.127. The van der Waals surface area contributed by atoms with Crippen LogP contribution in [-0.2, 0) is 0 Å². The molecule has 22 heavy (non-hydrogen) atoms. The molecule has 1 aliphatic heterocycles. The van der Waals surface area contributed by atoms with Gasteiger partial charge in [0.2, 0.25) is 0 Å². The summed E-state index contributed by atoms with van der Waals surface area (Å²) in [4.78, 5) is 14.4. The zero-order valence-corrected chi connectivity index (χ0v) is 13.7. The van der Waals surface area contributed by atoms with Crippen molar-refractivity contribution in [3.05, 3.63) is 35.9 Å². The number of hydrogen-bond donors (Lipinski definition) is 2. The van der Waals surface area contributed by atoms with Crippen LogP contribution in [0.15, 0.2) is 30.3 Å². The van der Waals surface area contributed by atoms with Crippen molar-refractivity contribution in [2.75, 3.05) is 19.7 Å². The van der Waals surface area contributed by atoms with Gasteiger partial charge in [0, 0.05) is 19.7 Å². The van der Waals surface area contributed by atoms with E-state index in [0.29, 0.717) is 12.5 Å². The van der Waals surface area contributed by atoms with Gasteiger partial charge in [-0.2, -0.15) is 0 Å². The minimum Gasteiger partial charge on any atom is -0.396 e. The highest BCUT2D eigenvalue weighted by Gasteiger charge is 2.25. The number of aliphatic hydroxyl groups excluding tert-OH is 1. The highest BCUT2D eigenvalue weighted by Crippen LogP contribution is 2.22. The van der Waals surface area contributed by atoms with Crippen molar-refractivity contribution in [1.29, 1.82) is 0 Å². The van der Waals surface area contributed by atoms with E-state index in [2.05, 4.69) is 31.3 Å². The molecule has 2 atom stereocenters. The summed E-state index contributed by atoms with van der Waals surface area (Å²) in [5, 5.41) is 12.5. The third kappa shape index (κ3) is 4.73. The molecule has 2 unspecified atom stereocenters. The van der Waals surface area contributed by atoms with E-state index >= 15 is 0 Å². The molecular formula is C18H28N2O2. The molecule has 4 nitrogen and oxygen atoms in total. The molecule has 122 valence electrons. The summed E-state index contributed by atoms with van der Waals surface area (Å²) < 4.78 is 0. The first-order valence-electron chi connectivity index (χ1n) is 8.31. The molecule has 0 aliphatic carbocycles. The lowest BCUT2D eigenvalue weighted by Gasteiger charge is -2.33. The van der Waals surface area contributed by atoms with E-state index in [-0.39, 0.29) is 24.6 Å². The Labute approximate surface area is 133 Å². The number of amides is 2. The van der Waals surface area contributed by atoms with Crippen LogP contribution < -0.4 is 5.32 Å². The van der Waals surface area contributed by atoms with Crippen molar-refractivity contribution in [2.45, 2.75) is 39.2 Å². The van der Waals surface area contributed by atoms with Gasteiger partial charge in [0.05, 0.1) is 6.04 Å². The largest absolute Gasteiger partial charge is 0.396 e. The van der Waals surface area contributed by atoms with Gasteiger partial charge in [-0.15, -0.1) is 0 Å². The maximum Gasteiger partial charge on any atom is 0.317 e. The van der Waals surface area contributed by atoms with Gasteiger partial charge in [0.1, 0.15) is 0 Å². The number of benzene rings is 1. The van der Waals surface area contributed by atoms with Crippen LogP contribution in [-0.4, -0.2) is 35.7 Å². The van der Waals surface area contributed by atoms with Crippen molar-refractivity contribution in [3.8, 4) is 0 Å². The normalized spacial score (nSPS) is 20.0. The summed E-state index contributed by atoms with van der Waals surface area (Å²) in [5.41, 5.74) is 1.15. The number of piperidine rings is 1. The number of likely N-dealkylation sites (tertiary alicyclic amines) is 1. The van der Waals surface area contributed by atoms with Crippen LogP contribution in [0.25, 0.3) is 0 Å². The highest BCUT2D eigenvalue weighted by molar-refractivity contribution is 5.74. The van der Waals surface area contributed by atoms with Gasteiger partial charge in [-0.05, 0) is 36.7 Å². The molecule has 1 aromatic rings. The molecule has 2 rings (SSSR count). The number of nitrogens with one attached hydrogen (secondary N) is 1. The Hall–Kier alpha value is -1.55. The molecule has 1 aromatic carbocycles. The fourth-order valence-electron chi connectivity index (χ4n) is 3.07. The number of rotatable bonds is 5. The third-order valence-electron chi connectivity index (χ3n) is 4.27. The van der Waals surface area contributed by atoms with E-state index in [1.165, 1.54) is 0 Å². The number of carbonyl (C=O) groups is 1. The van der Waals surface area contributed by atoms with E-state index in [4.69, 9.17) is 0 Å². The quantitative estimate of drug-likeness (QED) is 0.878. The van der Waals surface area contributed by atoms with Gasteiger partial charge in [-0.3, -0.25) is 0 Å². The summed E-state index contributed by atoms with van der Waals surface area (Å²) in [6.45, 7) is 5.95.